The maximum Gasteiger partial charge on any atom is 0.219 e. The molecule has 0 amide bonds. The molecular weight excluding hydrogens is 330 g/mol. The minimum atomic E-state index is -3.47. The van der Waals surface area contributed by atoms with Gasteiger partial charge in [-0.3, -0.25) is 0 Å². The van der Waals surface area contributed by atoms with Crippen LogP contribution in [0.15, 0.2) is 54.6 Å². The molecule has 0 saturated carbocycles. The predicted octanol–water partition coefficient (Wildman–Crippen LogP) is 2.76. The molecule has 23 heavy (non-hydrogen) atoms. The topological polar surface area (TPSA) is 54.5 Å². The Morgan fingerprint density at radius 3 is 2.35 bits per heavy atom. The van der Waals surface area contributed by atoms with Gasteiger partial charge in [0.05, 0.1) is 5.75 Å². The number of nitrogens with zero attached hydrogens (tertiary/aromatic N) is 1. The third-order valence-corrected chi connectivity index (χ3v) is 6.85. The Balaban J connectivity index is 1.77. The summed E-state index contributed by atoms with van der Waals surface area (Å²) in [6.45, 7) is 0.401. The highest BCUT2D eigenvalue weighted by atomic mass is 32.2. The molecule has 1 aliphatic rings. The van der Waals surface area contributed by atoms with E-state index in [4.69, 9.17) is 0 Å². The summed E-state index contributed by atoms with van der Waals surface area (Å²) in [5, 5.41) is -0.580. The minimum Gasteiger partial charge on any atom is -0.301 e. The third-order valence-electron chi connectivity index (χ3n) is 3.77. The second-order valence-corrected chi connectivity index (χ2v) is 8.47. The molecule has 1 aliphatic heterocycles. The molecule has 0 bridgehead atoms. The molecule has 2 aromatic rings. The predicted molar refractivity (Wildman–Crippen MR) is 93.5 cm³/mol. The van der Waals surface area contributed by atoms with Gasteiger partial charge < -0.3 is 4.79 Å². The van der Waals surface area contributed by atoms with E-state index in [1.54, 1.807) is 0 Å². The molecule has 1 saturated heterocycles. The first kappa shape index (κ1) is 16.2. The van der Waals surface area contributed by atoms with Gasteiger partial charge in [-0.1, -0.05) is 54.6 Å². The Morgan fingerprint density at radius 2 is 1.70 bits per heavy atom. The van der Waals surface area contributed by atoms with Crippen LogP contribution in [-0.2, 0) is 20.6 Å². The van der Waals surface area contributed by atoms with Gasteiger partial charge in [0.1, 0.15) is 11.7 Å². The lowest BCUT2D eigenvalue weighted by molar-refractivity contribution is -0.108. The molecular formula is C17H17NO3S2. The van der Waals surface area contributed by atoms with Gasteiger partial charge in [-0.05, 0) is 16.7 Å². The standard InChI is InChI=1S/C17H17NO3S2/c19-12-17-18(10-11-22-17)23(20,21)13-14-6-8-16(9-7-14)15-4-2-1-3-5-15/h1-9,12,17H,10-11,13H2/t17-/m0/s1. The van der Waals surface area contributed by atoms with E-state index in [0.29, 0.717) is 18.6 Å². The van der Waals surface area contributed by atoms with E-state index in [1.807, 2.05) is 54.6 Å². The van der Waals surface area contributed by atoms with E-state index < -0.39 is 15.4 Å². The quantitative estimate of drug-likeness (QED) is 0.781. The van der Waals surface area contributed by atoms with Crippen LogP contribution in [0.1, 0.15) is 5.56 Å². The fraction of sp³-hybridized carbons (Fsp3) is 0.235. The van der Waals surface area contributed by atoms with Crippen molar-refractivity contribution in [1.29, 1.82) is 0 Å². The van der Waals surface area contributed by atoms with Gasteiger partial charge >= 0.3 is 0 Å². The van der Waals surface area contributed by atoms with Crippen molar-refractivity contribution >= 4 is 28.1 Å². The van der Waals surface area contributed by atoms with E-state index in [2.05, 4.69) is 0 Å². The van der Waals surface area contributed by atoms with Crippen molar-refractivity contribution in [3.63, 3.8) is 0 Å². The van der Waals surface area contributed by atoms with Crippen molar-refractivity contribution in [2.24, 2.45) is 0 Å². The van der Waals surface area contributed by atoms with Crippen LogP contribution in [0.5, 0.6) is 0 Å². The number of carbonyl (C=O) groups excluding carboxylic acids is 1. The fourth-order valence-corrected chi connectivity index (χ4v) is 5.70. The number of carbonyl (C=O) groups is 1. The summed E-state index contributed by atoms with van der Waals surface area (Å²) in [5.41, 5.74) is 2.87. The van der Waals surface area contributed by atoms with Crippen LogP contribution < -0.4 is 0 Å². The monoisotopic (exact) mass is 347 g/mol. The molecule has 6 heteroatoms. The Kier molecular flexibility index (Phi) is 4.84. The lowest BCUT2D eigenvalue weighted by atomic mass is 10.0. The summed E-state index contributed by atoms with van der Waals surface area (Å²) < 4.78 is 26.3. The summed E-state index contributed by atoms with van der Waals surface area (Å²) in [4.78, 5) is 11.0. The first-order valence-electron chi connectivity index (χ1n) is 7.31. The average molecular weight is 347 g/mol. The lowest BCUT2D eigenvalue weighted by Crippen LogP contribution is -2.36. The summed E-state index contributed by atoms with van der Waals surface area (Å²) in [6.07, 6.45) is 0.702. The van der Waals surface area contributed by atoms with E-state index in [9.17, 15) is 13.2 Å². The molecule has 1 heterocycles. The van der Waals surface area contributed by atoms with Crippen LogP contribution in [0, 0.1) is 0 Å². The Bertz CT molecular complexity index is 773. The van der Waals surface area contributed by atoms with Gasteiger partial charge in [0, 0.05) is 12.3 Å². The highest BCUT2D eigenvalue weighted by Crippen LogP contribution is 2.27. The van der Waals surface area contributed by atoms with Crippen LogP contribution in [0.25, 0.3) is 11.1 Å². The maximum atomic E-state index is 12.5. The van der Waals surface area contributed by atoms with Crippen LogP contribution in [0.2, 0.25) is 0 Å². The molecule has 0 aliphatic carbocycles. The number of aldehydes is 1. The lowest BCUT2D eigenvalue weighted by Gasteiger charge is -2.19. The van der Waals surface area contributed by atoms with Crippen LogP contribution in [-0.4, -0.2) is 36.7 Å². The largest absolute Gasteiger partial charge is 0.301 e. The molecule has 0 radical (unpaired) electrons. The normalized spacial score (nSPS) is 18.9. The summed E-state index contributed by atoms with van der Waals surface area (Å²) >= 11 is 1.37. The molecule has 2 aromatic carbocycles. The van der Waals surface area contributed by atoms with Gasteiger partial charge in [0.25, 0.3) is 0 Å². The smallest absolute Gasteiger partial charge is 0.219 e. The first-order valence-corrected chi connectivity index (χ1v) is 9.97. The van der Waals surface area contributed by atoms with Gasteiger partial charge in [0.15, 0.2) is 0 Å². The molecule has 0 unspecified atom stereocenters. The SMILES string of the molecule is O=C[C@@H]1SCCN1S(=O)(=O)Cc1ccc(-c2ccccc2)cc1. The highest BCUT2D eigenvalue weighted by molar-refractivity contribution is 8.01. The number of hydrogen-bond donors (Lipinski definition) is 0. The number of hydrogen-bond acceptors (Lipinski definition) is 4. The first-order chi connectivity index (χ1) is 11.1. The van der Waals surface area contributed by atoms with E-state index >= 15 is 0 Å². The second-order valence-electron chi connectivity index (χ2n) is 5.33. The minimum absolute atomic E-state index is 0.0764. The molecule has 0 spiro atoms. The van der Waals surface area contributed by atoms with Gasteiger partial charge in [-0.15, -0.1) is 11.8 Å². The van der Waals surface area contributed by atoms with E-state index in [1.165, 1.54) is 16.1 Å². The number of sulfonamides is 1. The number of thioether (sulfide) groups is 1. The van der Waals surface area contributed by atoms with Crippen molar-refractivity contribution in [2.45, 2.75) is 11.1 Å². The maximum absolute atomic E-state index is 12.5. The Labute approximate surface area is 140 Å². The summed E-state index contributed by atoms with van der Waals surface area (Å²) in [6, 6.07) is 17.5. The molecule has 120 valence electrons. The zero-order valence-electron chi connectivity index (χ0n) is 12.5. The molecule has 4 nitrogen and oxygen atoms in total. The van der Waals surface area contributed by atoms with E-state index in [0.717, 1.165) is 16.7 Å². The van der Waals surface area contributed by atoms with E-state index in [-0.39, 0.29) is 5.75 Å². The Morgan fingerprint density at radius 1 is 1.04 bits per heavy atom. The molecule has 1 fully saturated rings. The van der Waals surface area contributed by atoms with Crippen LogP contribution >= 0.6 is 11.8 Å². The summed E-state index contributed by atoms with van der Waals surface area (Å²) in [7, 11) is -3.47. The number of rotatable bonds is 5. The van der Waals surface area contributed by atoms with Gasteiger partial charge in [-0.2, -0.15) is 4.31 Å². The van der Waals surface area contributed by atoms with Crippen molar-refractivity contribution in [1.82, 2.24) is 4.31 Å². The highest BCUT2D eigenvalue weighted by Gasteiger charge is 2.34. The van der Waals surface area contributed by atoms with Crippen molar-refractivity contribution in [3.05, 3.63) is 60.2 Å². The molecule has 3 rings (SSSR count). The zero-order valence-corrected chi connectivity index (χ0v) is 14.1. The van der Waals surface area contributed by atoms with Crippen LogP contribution in [0.3, 0.4) is 0 Å². The molecule has 0 N–H and O–H groups in total. The van der Waals surface area contributed by atoms with Crippen molar-refractivity contribution in [3.8, 4) is 11.1 Å². The fourth-order valence-electron chi connectivity index (χ4n) is 2.60. The number of benzene rings is 2. The summed E-state index contributed by atoms with van der Waals surface area (Å²) in [5.74, 6) is 0.586. The molecule has 1 atom stereocenters. The Hall–Kier alpha value is -1.63. The zero-order chi connectivity index (χ0) is 16.3. The van der Waals surface area contributed by atoms with Gasteiger partial charge in [0.2, 0.25) is 10.0 Å². The molecule has 0 aromatic heterocycles. The average Bonchev–Trinajstić information content (AvgIpc) is 3.06. The second kappa shape index (κ2) is 6.86. The van der Waals surface area contributed by atoms with Gasteiger partial charge in [-0.25, -0.2) is 8.42 Å². The van der Waals surface area contributed by atoms with Crippen molar-refractivity contribution < 1.29 is 13.2 Å². The van der Waals surface area contributed by atoms with Crippen molar-refractivity contribution in [2.75, 3.05) is 12.3 Å². The third kappa shape index (κ3) is 3.65. The van der Waals surface area contributed by atoms with Crippen LogP contribution in [0.4, 0.5) is 0 Å².